The maximum atomic E-state index is 10.8. The van der Waals surface area contributed by atoms with E-state index in [1.54, 1.807) is 0 Å². The monoisotopic (exact) mass is 262 g/mol. The molecule has 1 unspecified atom stereocenters. The summed E-state index contributed by atoms with van der Waals surface area (Å²) in [4.78, 5) is 0. The minimum absolute atomic E-state index is 0.113. The molecule has 0 aliphatic carbocycles. The molecule has 0 saturated carbocycles. The van der Waals surface area contributed by atoms with E-state index in [9.17, 15) is 5.11 Å². The van der Waals surface area contributed by atoms with E-state index in [0.29, 0.717) is 0 Å². The van der Waals surface area contributed by atoms with Gasteiger partial charge in [-0.15, -0.1) is 5.10 Å². The molecule has 0 bridgehead atoms. The Morgan fingerprint density at radius 3 is 2.32 bits per heavy atom. The molecule has 0 spiro atoms. The molecule has 0 radical (unpaired) electrons. The number of hydrogen-bond acceptors (Lipinski definition) is 4. The molecule has 0 aliphatic rings. The highest BCUT2D eigenvalue weighted by Crippen LogP contribution is 2.33. The second kappa shape index (κ2) is 4.90. The average molecular weight is 262 g/mol. The van der Waals surface area contributed by atoms with E-state index in [-0.39, 0.29) is 17.8 Å². The fourth-order valence-corrected chi connectivity index (χ4v) is 3.03. The van der Waals surface area contributed by atoms with Crippen LogP contribution >= 0.6 is 0 Å². The largest absolute Gasteiger partial charge is 0.357 e. The summed E-state index contributed by atoms with van der Waals surface area (Å²) in [6.07, 6.45) is 0. The Morgan fingerprint density at radius 1 is 1.16 bits per heavy atom. The van der Waals surface area contributed by atoms with Crippen LogP contribution in [0.1, 0.15) is 27.7 Å². The van der Waals surface area contributed by atoms with Gasteiger partial charge in [0.15, 0.2) is 0 Å². The summed E-state index contributed by atoms with van der Waals surface area (Å²) < 4.78 is 1.44. The van der Waals surface area contributed by atoms with Crippen molar-refractivity contribution in [1.29, 1.82) is 0 Å². The Hall–Kier alpha value is -1.46. The molecule has 0 amide bonds. The highest BCUT2D eigenvalue weighted by molar-refractivity contribution is 5.74. The van der Waals surface area contributed by atoms with E-state index in [4.69, 9.17) is 5.73 Å². The maximum absolute atomic E-state index is 10.8. The van der Waals surface area contributed by atoms with E-state index in [1.165, 1.54) is 4.68 Å². The van der Waals surface area contributed by atoms with Gasteiger partial charge in [-0.05, 0) is 24.0 Å². The fraction of sp³-hybridized carbons (Fsp3) is 0.571. The van der Waals surface area contributed by atoms with Crippen molar-refractivity contribution in [3.63, 3.8) is 0 Å². The van der Waals surface area contributed by atoms with Gasteiger partial charge >= 0.3 is 0 Å². The van der Waals surface area contributed by atoms with Crippen molar-refractivity contribution in [3.05, 3.63) is 24.3 Å². The number of hydrogen-bond donors (Lipinski definition) is 2. The van der Waals surface area contributed by atoms with Crippen LogP contribution in [0.2, 0.25) is 0 Å². The minimum Gasteiger partial charge on any atom is -0.357 e. The molecule has 3 N–H and O–H groups in total. The predicted octanol–water partition coefficient (Wildman–Crippen LogP) is 1.92. The lowest BCUT2D eigenvalue weighted by Gasteiger charge is -2.37. The van der Waals surface area contributed by atoms with Crippen molar-refractivity contribution < 1.29 is 5.11 Å². The summed E-state index contributed by atoms with van der Waals surface area (Å²) in [5.74, 6) is -1.19. The molecule has 1 heterocycles. The first-order valence-electron chi connectivity index (χ1n) is 6.68. The highest BCUT2D eigenvalue weighted by atomic mass is 16.3. The van der Waals surface area contributed by atoms with Crippen molar-refractivity contribution in [3.8, 4) is 0 Å². The zero-order valence-electron chi connectivity index (χ0n) is 11.9. The van der Waals surface area contributed by atoms with E-state index in [0.717, 1.165) is 11.0 Å². The third-order valence-corrected chi connectivity index (χ3v) is 3.62. The lowest BCUT2D eigenvalue weighted by molar-refractivity contribution is -0.125. The van der Waals surface area contributed by atoms with Gasteiger partial charge in [-0.1, -0.05) is 45.0 Å². The van der Waals surface area contributed by atoms with Crippen LogP contribution < -0.4 is 5.73 Å². The molecular formula is C14H22N4O. The first-order chi connectivity index (χ1) is 8.85. The van der Waals surface area contributed by atoms with Gasteiger partial charge in [0.2, 0.25) is 5.85 Å². The SMILES string of the molecule is CC(C)C(C(C)C)C(N)(O)n1nnc2ccccc21. The Labute approximate surface area is 113 Å². The van der Waals surface area contributed by atoms with Gasteiger partial charge in [-0.25, -0.2) is 0 Å². The van der Waals surface area contributed by atoms with Crippen LogP contribution in [0.3, 0.4) is 0 Å². The van der Waals surface area contributed by atoms with Crippen molar-refractivity contribution in [2.24, 2.45) is 23.5 Å². The van der Waals surface area contributed by atoms with Crippen molar-refractivity contribution in [2.75, 3.05) is 0 Å². The molecule has 5 heteroatoms. The van der Waals surface area contributed by atoms with Gasteiger partial charge < -0.3 is 5.11 Å². The van der Waals surface area contributed by atoms with Crippen LogP contribution in [0.4, 0.5) is 0 Å². The van der Waals surface area contributed by atoms with E-state index < -0.39 is 5.85 Å². The van der Waals surface area contributed by atoms with Crippen LogP contribution in [0.25, 0.3) is 11.0 Å². The second-order valence-corrected chi connectivity index (χ2v) is 5.79. The number of rotatable bonds is 4. The van der Waals surface area contributed by atoms with E-state index in [2.05, 4.69) is 38.0 Å². The summed E-state index contributed by atoms with van der Waals surface area (Å²) in [5.41, 5.74) is 7.69. The number of para-hydroxylation sites is 1. The molecule has 5 nitrogen and oxygen atoms in total. The third kappa shape index (κ3) is 2.35. The zero-order valence-corrected chi connectivity index (χ0v) is 11.9. The molecule has 2 rings (SSSR count). The second-order valence-electron chi connectivity index (χ2n) is 5.79. The summed E-state index contributed by atoms with van der Waals surface area (Å²) in [6.45, 7) is 8.23. The number of nitrogens with zero attached hydrogens (tertiary/aromatic N) is 3. The quantitative estimate of drug-likeness (QED) is 0.825. The maximum Gasteiger partial charge on any atom is 0.217 e. The lowest BCUT2D eigenvalue weighted by Crippen LogP contribution is -2.53. The summed E-state index contributed by atoms with van der Waals surface area (Å²) in [5, 5.41) is 18.9. The van der Waals surface area contributed by atoms with Gasteiger partial charge in [-0.3, -0.25) is 5.73 Å². The van der Waals surface area contributed by atoms with Gasteiger partial charge in [0.25, 0.3) is 0 Å². The Kier molecular flexibility index (Phi) is 3.60. The summed E-state index contributed by atoms with van der Waals surface area (Å²) in [7, 11) is 0. The van der Waals surface area contributed by atoms with Crippen LogP contribution in [-0.4, -0.2) is 20.1 Å². The molecule has 0 saturated heterocycles. The van der Waals surface area contributed by atoms with Gasteiger partial charge in [-0.2, -0.15) is 4.68 Å². The Balaban J connectivity index is 2.54. The molecule has 1 atom stereocenters. The number of fused-ring (bicyclic) bond motifs is 1. The van der Waals surface area contributed by atoms with Crippen molar-refractivity contribution >= 4 is 11.0 Å². The van der Waals surface area contributed by atoms with Crippen LogP contribution in [-0.2, 0) is 5.85 Å². The molecule has 0 fully saturated rings. The fourth-order valence-electron chi connectivity index (χ4n) is 3.03. The number of aliphatic hydroxyl groups is 1. The first kappa shape index (κ1) is 14.0. The smallest absolute Gasteiger partial charge is 0.217 e. The van der Waals surface area contributed by atoms with Gasteiger partial charge in [0.1, 0.15) is 5.52 Å². The van der Waals surface area contributed by atoms with Crippen molar-refractivity contribution in [1.82, 2.24) is 15.0 Å². The molecule has 1 aromatic carbocycles. The minimum atomic E-state index is -1.54. The zero-order chi connectivity index (χ0) is 14.2. The molecule has 2 aromatic rings. The summed E-state index contributed by atoms with van der Waals surface area (Å²) in [6, 6.07) is 7.50. The third-order valence-electron chi connectivity index (χ3n) is 3.62. The topological polar surface area (TPSA) is 77.0 Å². The molecule has 1 aromatic heterocycles. The standard InChI is InChI=1S/C14H22N4O/c1-9(2)13(10(3)4)14(15,19)18-12-8-6-5-7-11(12)16-17-18/h5-10,13,19H,15H2,1-4H3. The molecule has 104 valence electrons. The Morgan fingerprint density at radius 2 is 1.74 bits per heavy atom. The highest BCUT2D eigenvalue weighted by Gasteiger charge is 2.40. The number of benzene rings is 1. The lowest BCUT2D eigenvalue weighted by atomic mass is 9.81. The number of nitrogens with two attached hydrogens (primary N) is 1. The summed E-state index contributed by atoms with van der Waals surface area (Å²) >= 11 is 0. The van der Waals surface area contributed by atoms with Crippen LogP contribution in [0.15, 0.2) is 24.3 Å². The van der Waals surface area contributed by atoms with E-state index >= 15 is 0 Å². The Bertz CT molecular complexity index is 551. The van der Waals surface area contributed by atoms with Crippen LogP contribution in [0.5, 0.6) is 0 Å². The molecule has 0 aliphatic heterocycles. The van der Waals surface area contributed by atoms with Crippen molar-refractivity contribution in [2.45, 2.75) is 33.5 Å². The van der Waals surface area contributed by atoms with Crippen LogP contribution in [0, 0.1) is 17.8 Å². The van der Waals surface area contributed by atoms with Gasteiger partial charge in [0.05, 0.1) is 5.52 Å². The number of aromatic nitrogens is 3. The van der Waals surface area contributed by atoms with Gasteiger partial charge in [0, 0.05) is 5.92 Å². The molecule has 19 heavy (non-hydrogen) atoms. The predicted molar refractivity (Wildman–Crippen MR) is 75.1 cm³/mol. The average Bonchev–Trinajstić information content (AvgIpc) is 2.71. The normalized spacial score (nSPS) is 15.6. The van der Waals surface area contributed by atoms with E-state index in [1.807, 2.05) is 24.3 Å². The first-order valence-corrected chi connectivity index (χ1v) is 6.68. The molecular weight excluding hydrogens is 240 g/mol.